The van der Waals surface area contributed by atoms with E-state index < -0.39 is 0 Å². The molecular weight excluding hydrogens is 188 g/mol. The lowest BCUT2D eigenvalue weighted by Gasteiger charge is -2.08. The summed E-state index contributed by atoms with van der Waals surface area (Å²) in [5.41, 5.74) is 5.77. The van der Waals surface area contributed by atoms with Gasteiger partial charge >= 0.3 is 0 Å². The molecule has 0 aliphatic rings. The predicted molar refractivity (Wildman–Crippen MR) is 50.5 cm³/mol. The summed E-state index contributed by atoms with van der Waals surface area (Å²) >= 11 is 1.16. The Hall–Kier alpha value is -1.01. The first-order valence-electron chi connectivity index (χ1n) is 3.99. The van der Waals surface area contributed by atoms with Crippen LogP contribution in [0.5, 0.6) is 0 Å². The van der Waals surface area contributed by atoms with Gasteiger partial charge in [0.15, 0.2) is 5.69 Å². The smallest absolute Gasteiger partial charge is 0.272 e. The fourth-order valence-electron chi connectivity index (χ4n) is 0.704. The molecule has 6 heteroatoms. The number of rotatable bonds is 4. The maximum atomic E-state index is 11.3. The van der Waals surface area contributed by atoms with E-state index in [-0.39, 0.29) is 11.8 Å². The minimum absolute atomic E-state index is 0.186. The van der Waals surface area contributed by atoms with E-state index in [1.165, 1.54) is 0 Å². The molecule has 0 saturated heterocycles. The van der Waals surface area contributed by atoms with Crippen molar-refractivity contribution in [3.05, 3.63) is 11.1 Å². The van der Waals surface area contributed by atoms with Crippen LogP contribution in [0.3, 0.4) is 0 Å². The lowest BCUT2D eigenvalue weighted by molar-refractivity contribution is 0.0943. The van der Waals surface area contributed by atoms with Gasteiger partial charge in [-0.2, -0.15) is 0 Å². The summed E-state index contributed by atoms with van der Waals surface area (Å²) in [6, 6.07) is 0. The first-order valence-corrected chi connectivity index (χ1v) is 4.83. The SMILES string of the molecule is CC(CN)CNC(=O)c1csnn1. The Morgan fingerprint density at radius 1 is 1.85 bits per heavy atom. The third-order valence-corrected chi connectivity index (χ3v) is 2.11. The fourth-order valence-corrected chi connectivity index (χ4v) is 1.14. The minimum atomic E-state index is -0.186. The highest BCUT2D eigenvalue weighted by molar-refractivity contribution is 7.03. The van der Waals surface area contributed by atoms with Crippen LogP contribution in [0, 0.1) is 5.92 Å². The van der Waals surface area contributed by atoms with E-state index in [1.54, 1.807) is 5.38 Å². The average molecular weight is 200 g/mol. The Kier molecular flexibility index (Phi) is 3.78. The monoisotopic (exact) mass is 200 g/mol. The molecule has 1 amide bonds. The van der Waals surface area contributed by atoms with Gasteiger partial charge in [-0.05, 0) is 24.0 Å². The van der Waals surface area contributed by atoms with Gasteiger partial charge in [-0.25, -0.2) is 0 Å². The maximum Gasteiger partial charge on any atom is 0.272 e. The van der Waals surface area contributed by atoms with Crippen molar-refractivity contribution in [1.29, 1.82) is 0 Å². The Morgan fingerprint density at radius 2 is 2.62 bits per heavy atom. The summed E-state index contributed by atoms with van der Waals surface area (Å²) in [6.45, 7) is 3.11. The average Bonchev–Trinajstić information content (AvgIpc) is 2.66. The molecule has 72 valence electrons. The number of hydrogen-bond donors (Lipinski definition) is 2. The molecule has 1 heterocycles. The standard InChI is InChI=1S/C7H12N4OS/c1-5(2-8)3-9-7(12)6-4-13-11-10-6/h4-5H,2-3,8H2,1H3,(H,9,12). The van der Waals surface area contributed by atoms with Gasteiger partial charge in [0.1, 0.15) is 0 Å². The number of carbonyl (C=O) groups excluding carboxylic acids is 1. The highest BCUT2D eigenvalue weighted by Gasteiger charge is 2.08. The molecule has 3 N–H and O–H groups in total. The molecule has 0 aliphatic heterocycles. The number of carbonyl (C=O) groups is 1. The zero-order valence-electron chi connectivity index (χ0n) is 7.36. The first-order chi connectivity index (χ1) is 6.24. The van der Waals surface area contributed by atoms with Crippen molar-refractivity contribution in [2.24, 2.45) is 11.7 Å². The van der Waals surface area contributed by atoms with Gasteiger partial charge in [0, 0.05) is 11.9 Å². The molecule has 13 heavy (non-hydrogen) atoms. The summed E-state index contributed by atoms with van der Waals surface area (Å²) in [5.74, 6) is 0.101. The van der Waals surface area contributed by atoms with Crippen LogP contribution in [0.1, 0.15) is 17.4 Å². The van der Waals surface area contributed by atoms with Crippen LogP contribution >= 0.6 is 11.5 Å². The molecule has 1 aromatic rings. The van der Waals surface area contributed by atoms with Crippen molar-refractivity contribution in [3.63, 3.8) is 0 Å². The molecular formula is C7H12N4OS. The molecule has 5 nitrogen and oxygen atoms in total. The summed E-state index contributed by atoms with van der Waals surface area (Å²) in [5, 5.41) is 7.98. The van der Waals surface area contributed by atoms with Crippen LogP contribution in [-0.4, -0.2) is 28.6 Å². The molecule has 0 radical (unpaired) electrons. The number of nitrogens with one attached hydrogen (secondary N) is 1. The summed E-state index contributed by atoms with van der Waals surface area (Å²) in [4.78, 5) is 11.3. The van der Waals surface area contributed by atoms with Gasteiger partial charge in [0.05, 0.1) is 0 Å². The lowest BCUT2D eigenvalue weighted by atomic mass is 10.2. The predicted octanol–water partition coefficient (Wildman–Crippen LogP) is -0.137. The van der Waals surface area contributed by atoms with Gasteiger partial charge in [-0.1, -0.05) is 11.4 Å². The van der Waals surface area contributed by atoms with Crippen molar-refractivity contribution >= 4 is 17.4 Å². The topological polar surface area (TPSA) is 80.9 Å². The molecule has 0 spiro atoms. The number of amides is 1. The second kappa shape index (κ2) is 4.88. The van der Waals surface area contributed by atoms with Crippen molar-refractivity contribution in [1.82, 2.24) is 14.9 Å². The molecule has 1 unspecified atom stereocenters. The molecule has 0 saturated carbocycles. The van der Waals surface area contributed by atoms with E-state index in [1.807, 2.05) is 6.92 Å². The van der Waals surface area contributed by atoms with E-state index in [9.17, 15) is 4.79 Å². The minimum Gasteiger partial charge on any atom is -0.350 e. The summed E-state index contributed by atoms with van der Waals surface area (Å²) in [6.07, 6.45) is 0. The lowest BCUT2D eigenvalue weighted by Crippen LogP contribution is -2.31. The number of aromatic nitrogens is 2. The number of nitrogens with two attached hydrogens (primary N) is 1. The molecule has 0 aliphatic carbocycles. The van der Waals surface area contributed by atoms with E-state index in [0.29, 0.717) is 18.8 Å². The zero-order valence-corrected chi connectivity index (χ0v) is 8.17. The zero-order chi connectivity index (χ0) is 9.68. The van der Waals surface area contributed by atoms with Gasteiger partial charge in [0.2, 0.25) is 0 Å². The van der Waals surface area contributed by atoms with Crippen LogP contribution in [0.4, 0.5) is 0 Å². The van der Waals surface area contributed by atoms with Gasteiger partial charge in [-0.15, -0.1) is 5.10 Å². The number of hydrogen-bond acceptors (Lipinski definition) is 5. The van der Waals surface area contributed by atoms with E-state index in [0.717, 1.165) is 11.5 Å². The molecule has 1 aromatic heterocycles. The maximum absolute atomic E-state index is 11.3. The van der Waals surface area contributed by atoms with E-state index in [4.69, 9.17) is 5.73 Å². The second-order valence-corrected chi connectivity index (χ2v) is 3.45. The quantitative estimate of drug-likeness (QED) is 0.709. The summed E-state index contributed by atoms with van der Waals surface area (Å²) < 4.78 is 3.60. The van der Waals surface area contributed by atoms with Crippen LogP contribution in [-0.2, 0) is 0 Å². The van der Waals surface area contributed by atoms with Crippen LogP contribution in [0.15, 0.2) is 5.38 Å². The van der Waals surface area contributed by atoms with Crippen molar-refractivity contribution in [3.8, 4) is 0 Å². The molecule has 1 atom stereocenters. The Balaban J connectivity index is 2.35. The van der Waals surface area contributed by atoms with Crippen LogP contribution < -0.4 is 11.1 Å². The molecule has 0 aromatic carbocycles. The second-order valence-electron chi connectivity index (χ2n) is 2.84. The fraction of sp³-hybridized carbons (Fsp3) is 0.571. The Bertz CT molecular complexity index is 261. The first kappa shape index (κ1) is 10.1. The largest absolute Gasteiger partial charge is 0.350 e. The van der Waals surface area contributed by atoms with Crippen LogP contribution in [0.25, 0.3) is 0 Å². The summed E-state index contributed by atoms with van der Waals surface area (Å²) in [7, 11) is 0. The third-order valence-electron chi connectivity index (χ3n) is 1.61. The molecule has 1 rings (SSSR count). The molecule has 0 bridgehead atoms. The Morgan fingerprint density at radius 3 is 3.15 bits per heavy atom. The van der Waals surface area contributed by atoms with Crippen molar-refractivity contribution in [2.45, 2.75) is 6.92 Å². The number of nitrogens with zero attached hydrogens (tertiary/aromatic N) is 2. The third kappa shape index (κ3) is 3.08. The molecule has 0 fully saturated rings. The van der Waals surface area contributed by atoms with Crippen molar-refractivity contribution < 1.29 is 4.79 Å². The van der Waals surface area contributed by atoms with Gasteiger partial charge in [0.25, 0.3) is 5.91 Å². The highest BCUT2D eigenvalue weighted by atomic mass is 32.1. The Labute approximate surface area is 80.5 Å². The normalized spacial score (nSPS) is 12.5. The van der Waals surface area contributed by atoms with Gasteiger partial charge < -0.3 is 11.1 Å². The van der Waals surface area contributed by atoms with E-state index in [2.05, 4.69) is 14.9 Å². The van der Waals surface area contributed by atoms with Crippen molar-refractivity contribution in [2.75, 3.05) is 13.1 Å². The van der Waals surface area contributed by atoms with Gasteiger partial charge in [-0.3, -0.25) is 4.79 Å². The van der Waals surface area contributed by atoms with E-state index >= 15 is 0 Å². The highest BCUT2D eigenvalue weighted by Crippen LogP contribution is 1.97. The van der Waals surface area contributed by atoms with Crippen LogP contribution in [0.2, 0.25) is 0 Å².